The molecule has 2 saturated heterocycles. The highest BCUT2D eigenvalue weighted by atomic mass is 19.4. The van der Waals surface area contributed by atoms with Gasteiger partial charge in [-0.15, -0.1) is 0 Å². The monoisotopic (exact) mass is 438 g/mol. The molecule has 5 heterocycles. The van der Waals surface area contributed by atoms with Gasteiger partial charge < -0.3 is 9.80 Å². The minimum absolute atomic E-state index is 0.0263. The predicted octanol–water partition coefficient (Wildman–Crippen LogP) is 3.83. The second kappa shape index (κ2) is 7.03. The van der Waals surface area contributed by atoms with Crippen molar-refractivity contribution in [2.75, 3.05) is 36.0 Å². The van der Waals surface area contributed by atoms with E-state index in [0.717, 1.165) is 19.0 Å². The molecule has 3 aromatic heterocycles. The lowest BCUT2D eigenvalue weighted by molar-refractivity contribution is -0.141. The normalized spacial score (nSPS) is 18.4. The van der Waals surface area contributed by atoms with E-state index in [-0.39, 0.29) is 5.41 Å². The number of alkyl halides is 5. The summed E-state index contributed by atoms with van der Waals surface area (Å²) in [7, 11) is 0. The number of anilines is 2. The van der Waals surface area contributed by atoms with Crippen LogP contribution in [0.1, 0.15) is 12.1 Å². The first-order valence-corrected chi connectivity index (χ1v) is 9.86. The molecule has 0 N–H and O–H groups in total. The Hall–Kier alpha value is -2.98. The van der Waals surface area contributed by atoms with Crippen molar-refractivity contribution in [3.8, 4) is 0 Å². The number of hydrogen-bond donors (Lipinski definition) is 0. The molecule has 0 aromatic carbocycles. The molecule has 164 valence electrons. The third kappa shape index (κ3) is 3.66. The minimum Gasteiger partial charge on any atom is -0.370 e. The van der Waals surface area contributed by atoms with Crippen molar-refractivity contribution in [3.63, 3.8) is 0 Å². The predicted molar refractivity (Wildman–Crippen MR) is 104 cm³/mol. The summed E-state index contributed by atoms with van der Waals surface area (Å²) in [5.74, 6) is 0.696. The first-order chi connectivity index (χ1) is 14.7. The number of aromatic nitrogens is 4. The molecule has 0 unspecified atom stereocenters. The first kappa shape index (κ1) is 20.0. The second-order valence-corrected chi connectivity index (χ2v) is 8.22. The van der Waals surface area contributed by atoms with Gasteiger partial charge in [-0.05, 0) is 30.7 Å². The fourth-order valence-corrected chi connectivity index (χ4v) is 4.49. The fraction of sp³-hybridized carbons (Fsp3) is 0.450. The highest BCUT2D eigenvalue weighted by Gasteiger charge is 2.48. The van der Waals surface area contributed by atoms with Gasteiger partial charge in [0.25, 0.3) is 6.43 Å². The molecule has 0 bridgehead atoms. The van der Waals surface area contributed by atoms with Crippen LogP contribution in [0.15, 0.2) is 36.7 Å². The summed E-state index contributed by atoms with van der Waals surface area (Å²) in [5, 5.41) is 4.69. The smallest absolute Gasteiger partial charge is 0.370 e. The van der Waals surface area contributed by atoms with E-state index >= 15 is 0 Å². The van der Waals surface area contributed by atoms with Gasteiger partial charge in [0.1, 0.15) is 18.1 Å². The van der Waals surface area contributed by atoms with Crippen molar-refractivity contribution in [2.45, 2.75) is 25.6 Å². The van der Waals surface area contributed by atoms with Crippen molar-refractivity contribution in [1.82, 2.24) is 19.7 Å². The molecule has 3 aromatic rings. The molecule has 0 atom stereocenters. The largest absolute Gasteiger partial charge is 0.433 e. The zero-order valence-electron chi connectivity index (χ0n) is 16.4. The molecule has 6 nitrogen and oxygen atoms in total. The summed E-state index contributed by atoms with van der Waals surface area (Å²) >= 11 is 0. The Kier molecular flexibility index (Phi) is 4.52. The molecular formula is C20H19F5N6. The van der Waals surface area contributed by atoms with E-state index in [9.17, 15) is 22.0 Å². The highest BCUT2D eigenvalue weighted by Crippen LogP contribution is 2.43. The highest BCUT2D eigenvalue weighted by molar-refractivity contribution is 5.76. The molecule has 2 aliphatic rings. The zero-order valence-corrected chi connectivity index (χ0v) is 16.4. The van der Waals surface area contributed by atoms with Crippen LogP contribution in [0.3, 0.4) is 0 Å². The summed E-state index contributed by atoms with van der Waals surface area (Å²) in [6.07, 6.45) is -3.39. The molecule has 0 radical (unpaired) electrons. The third-order valence-corrected chi connectivity index (χ3v) is 6.00. The van der Waals surface area contributed by atoms with Crippen LogP contribution < -0.4 is 9.80 Å². The Balaban J connectivity index is 1.29. The van der Waals surface area contributed by atoms with E-state index in [1.807, 2.05) is 17.0 Å². The Labute approximate surface area is 174 Å². The van der Waals surface area contributed by atoms with Gasteiger partial charge in [0.2, 0.25) is 0 Å². The summed E-state index contributed by atoms with van der Waals surface area (Å²) in [5.41, 5.74) is 0.0193. The van der Waals surface area contributed by atoms with Crippen molar-refractivity contribution in [1.29, 1.82) is 0 Å². The van der Waals surface area contributed by atoms with Crippen LogP contribution in [0.25, 0.3) is 11.0 Å². The van der Waals surface area contributed by atoms with E-state index in [2.05, 4.69) is 20.0 Å². The van der Waals surface area contributed by atoms with Gasteiger partial charge in [-0.25, -0.2) is 18.4 Å². The van der Waals surface area contributed by atoms with Crippen LogP contribution in [0.4, 0.5) is 33.5 Å². The van der Waals surface area contributed by atoms with Gasteiger partial charge in [0.05, 0.1) is 6.20 Å². The van der Waals surface area contributed by atoms with Crippen molar-refractivity contribution >= 4 is 22.5 Å². The van der Waals surface area contributed by atoms with Crippen LogP contribution in [-0.4, -0.2) is 52.4 Å². The lowest BCUT2D eigenvalue weighted by Crippen LogP contribution is -2.57. The number of halogens is 5. The molecule has 5 rings (SSSR count). The molecule has 0 aliphatic carbocycles. The zero-order chi connectivity index (χ0) is 21.8. The first-order valence-electron chi connectivity index (χ1n) is 9.86. The van der Waals surface area contributed by atoms with E-state index in [1.54, 1.807) is 6.07 Å². The SMILES string of the molecule is FC(F)Cn1ncc2ccc(N3CCC4(CN(c5ccnc(C(F)(F)F)c5)C4)C3)nc21. The van der Waals surface area contributed by atoms with Crippen molar-refractivity contribution in [3.05, 3.63) is 42.4 Å². The Morgan fingerprint density at radius 1 is 1.06 bits per heavy atom. The summed E-state index contributed by atoms with van der Waals surface area (Å²) in [6, 6.07) is 6.35. The Morgan fingerprint density at radius 3 is 2.58 bits per heavy atom. The molecule has 0 amide bonds. The lowest BCUT2D eigenvalue weighted by atomic mass is 9.79. The maximum atomic E-state index is 12.9. The maximum Gasteiger partial charge on any atom is 0.433 e. The van der Waals surface area contributed by atoms with Gasteiger partial charge in [0.15, 0.2) is 5.65 Å². The second-order valence-electron chi connectivity index (χ2n) is 8.22. The van der Waals surface area contributed by atoms with E-state index < -0.39 is 24.8 Å². The standard InChI is InChI=1S/C20H19F5N6/c21-16(22)9-31-18-13(8-27-31)1-2-17(28-18)29-6-4-19(10-29)11-30(12-19)14-3-5-26-15(7-14)20(23,24)25/h1-3,5,7-8,16H,4,6,9-12H2. The van der Waals surface area contributed by atoms with Gasteiger partial charge in [0, 0.05) is 48.9 Å². The molecule has 0 saturated carbocycles. The quantitative estimate of drug-likeness (QED) is 0.580. The van der Waals surface area contributed by atoms with Crippen molar-refractivity contribution < 1.29 is 22.0 Å². The average Bonchev–Trinajstić information content (AvgIpc) is 3.31. The average molecular weight is 438 g/mol. The lowest BCUT2D eigenvalue weighted by Gasteiger charge is -2.49. The minimum atomic E-state index is -4.47. The van der Waals surface area contributed by atoms with Gasteiger partial charge in [-0.3, -0.25) is 4.98 Å². The number of pyridine rings is 2. The summed E-state index contributed by atoms with van der Waals surface area (Å²) in [4.78, 5) is 12.0. The fourth-order valence-electron chi connectivity index (χ4n) is 4.49. The van der Waals surface area contributed by atoms with Gasteiger partial charge >= 0.3 is 6.18 Å². The van der Waals surface area contributed by atoms with Crippen LogP contribution >= 0.6 is 0 Å². The molecule has 11 heteroatoms. The molecule has 2 aliphatic heterocycles. The number of fused-ring (bicyclic) bond motifs is 1. The number of rotatable bonds is 4. The van der Waals surface area contributed by atoms with Crippen LogP contribution in [-0.2, 0) is 12.7 Å². The van der Waals surface area contributed by atoms with Crippen LogP contribution in [0.5, 0.6) is 0 Å². The molecular weight excluding hydrogens is 419 g/mol. The van der Waals surface area contributed by atoms with Crippen LogP contribution in [0, 0.1) is 5.41 Å². The van der Waals surface area contributed by atoms with Gasteiger partial charge in [-0.1, -0.05) is 0 Å². The maximum absolute atomic E-state index is 12.9. The third-order valence-electron chi connectivity index (χ3n) is 6.00. The molecule has 2 fully saturated rings. The molecule has 31 heavy (non-hydrogen) atoms. The summed E-state index contributed by atoms with van der Waals surface area (Å²) < 4.78 is 65.6. The number of nitrogens with zero attached hydrogens (tertiary/aromatic N) is 6. The van der Waals surface area contributed by atoms with Crippen LogP contribution in [0.2, 0.25) is 0 Å². The number of hydrogen-bond acceptors (Lipinski definition) is 5. The topological polar surface area (TPSA) is 50.1 Å². The van der Waals surface area contributed by atoms with Gasteiger partial charge in [-0.2, -0.15) is 18.3 Å². The Bertz CT molecular complexity index is 1100. The summed E-state index contributed by atoms with van der Waals surface area (Å²) in [6.45, 7) is 2.25. The molecule has 1 spiro atoms. The van der Waals surface area contributed by atoms with E-state index in [1.165, 1.54) is 17.1 Å². The van der Waals surface area contributed by atoms with E-state index in [0.29, 0.717) is 42.2 Å². The van der Waals surface area contributed by atoms with E-state index in [4.69, 9.17) is 0 Å². The van der Waals surface area contributed by atoms with Crippen molar-refractivity contribution in [2.24, 2.45) is 5.41 Å². The Morgan fingerprint density at radius 2 is 1.84 bits per heavy atom.